The molecule has 2 aliphatic rings. The average molecular weight is 487 g/mol. The van der Waals surface area contributed by atoms with Crippen molar-refractivity contribution in [1.82, 2.24) is 14.8 Å². The zero-order chi connectivity index (χ0) is 24.1. The molecule has 0 radical (unpaired) electrons. The van der Waals surface area contributed by atoms with Gasteiger partial charge in [0.15, 0.2) is 0 Å². The highest BCUT2D eigenvalue weighted by atomic mass is 35.5. The molecule has 2 saturated heterocycles. The maximum atomic E-state index is 12.9. The number of piperidine rings is 1. The fourth-order valence-corrected chi connectivity index (χ4v) is 4.95. The van der Waals surface area contributed by atoms with Crippen LogP contribution in [0.2, 0.25) is 5.02 Å². The number of nitro groups is 1. The van der Waals surface area contributed by atoms with Crippen LogP contribution in [-0.2, 0) is 4.79 Å². The molecule has 0 bridgehead atoms. The van der Waals surface area contributed by atoms with Gasteiger partial charge in [0.25, 0.3) is 5.69 Å². The number of amides is 1. The van der Waals surface area contributed by atoms with Crippen molar-refractivity contribution in [3.63, 3.8) is 0 Å². The van der Waals surface area contributed by atoms with Crippen LogP contribution in [0.4, 0.5) is 17.2 Å². The van der Waals surface area contributed by atoms with Crippen LogP contribution in [0.1, 0.15) is 19.8 Å². The van der Waals surface area contributed by atoms with Crippen LogP contribution in [0.15, 0.2) is 42.6 Å². The summed E-state index contributed by atoms with van der Waals surface area (Å²) in [5, 5.41) is 14.1. The predicted molar refractivity (Wildman–Crippen MR) is 133 cm³/mol. The summed E-state index contributed by atoms with van der Waals surface area (Å²) in [6, 6.07) is 9.73. The largest absolute Gasteiger partial charge is 0.354 e. The Morgan fingerprint density at radius 3 is 2.74 bits per heavy atom. The molecule has 2 atom stereocenters. The van der Waals surface area contributed by atoms with Crippen molar-refractivity contribution >= 4 is 34.7 Å². The zero-order valence-corrected chi connectivity index (χ0v) is 20.2. The van der Waals surface area contributed by atoms with Crippen molar-refractivity contribution in [3.05, 3.63) is 57.7 Å². The maximum Gasteiger partial charge on any atom is 0.271 e. The van der Waals surface area contributed by atoms with E-state index in [2.05, 4.69) is 31.1 Å². The molecule has 1 aromatic heterocycles. The van der Waals surface area contributed by atoms with Crippen LogP contribution in [0.3, 0.4) is 0 Å². The van der Waals surface area contributed by atoms with Crippen LogP contribution in [-0.4, -0.2) is 77.5 Å². The van der Waals surface area contributed by atoms with Crippen LogP contribution >= 0.6 is 11.6 Å². The average Bonchev–Trinajstić information content (AvgIpc) is 2.86. The minimum atomic E-state index is -0.499. The van der Waals surface area contributed by atoms with Gasteiger partial charge >= 0.3 is 0 Å². The van der Waals surface area contributed by atoms with Crippen LogP contribution in [0, 0.1) is 16.0 Å². The number of anilines is 2. The maximum absolute atomic E-state index is 12.9. The number of aromatic nitrogens is 1. The number of rotatable bonds is 7. The number of pyridine rings is 1. The molecule has 2 fully saturated rings. The number of hydrogen-bond donors (Lipinski definition) is 1. The number of nitro benzene ring substituents is 1. The third-order valence-corrected chi connectivity index (χ3v) is 7.09. The molecule has 1 aromatic carbocycles. The van der Waals surface area contributed by atoms with Gasteiger partial charge in [0.2, 0.25) is 5.91 Å². The number of nitrogens with one attached hydrogen (secondary N) is 1. The molecule has 10 heteroatoms. The highest BCUT2D eigenvalue weighted by Crippen LogP contribution is 2.28. The number of hydrogen-bond acceptors (Lipinski definition) is 7. The van der Waals surface area contributed by atoms with E-state index in [4.69, 9.17) is 11.6 Å². The first-order valence-electron chi connectivity index (χ1n) is 11.8. The smallest absolute Gasteiger partial charge is 0.271 e. The lowest BCUT2D eigenvalue weighted by Gasteiger charge is -2.40. The Labute approximate surface area is 204 Å². The number of likely N-dealkylation sites (tertiary alicyclic amines) is 1. The summed E-state index contributed by atoms with van der Waals surface area (Å²) in [5.41, 5.74) is 0.167. The first kappa shape index (κ1) is 24.4. The molecular formula is C24H31ClN6O3. The van der Waals surface area contributed by atoms with Crippen molar-refractivity contribution in [2.45, 2.75) is 25.8 Å². The highest BCUT2D eigenvalue weighted by Gasteiger charge is 2.30. The topological polar surface area (TPSA) is 94.8 Å². The Morgan fingerprint density at radius 2 is 2.03 bits per heavy atom. The van der Waals surface area contributed by atoms with Crippen LogP contribution < -0.4 is 10.2 Å². The molecule has 0 saturated carbocycles. The standard InChI is InChI=1S/C24H31ClN6O3/c1-18(24(32)27-22-15-20(31(33)34)7-8-21(22)25)30-10-4-5-19(17-30)16-28-11-13-29(14-12-28)23-6-2-3-9-26-23/h2-3,6-9,15,18-19H,4-5,10-14,16-17H2,1H3,(H,27,32). The fraction of sp³-hybridized carbons (Fsp3) is 0.500. The van der Waals surface area contributed by atoms with Gasteiger partial charge in [0.1, 0.15) is 5.82 Å². The number of non-ortho nitro benzene ring substituents is 1. The van der Waals surface area contributed by atoms with E-state index < -0.39 is 4.92 Å². The summed E-state index contributed by atoms with van der Waals surface area (Å²) in [4.78, 5) is 35.0. The third-order valence-electron chi connectivity index (χ3n) is 6.76. The van der Waals surface area contributed by atoms with E-state index in [1.807, 2.05) is 25.3 Å². The van der Waals surface area contributed by atoms with Crippen molar-refractivity contribution in [2.75, 3.05) is 56.0 Å². The molecule has 0 spiro atoms. The van der Waals surface area contributed by atoms with E-state index >= 15 is 0 Å². The SMILES string of the molecule is CC(C(=O)Nc1cc([N+](=O)[O-])ccc1Cl)N1CCCC(CN2CCN(c3ccccn3)CC2)C1. The van der Waals surface area contributed by atoms with Crippen molar-refractivity contribution in [1.29, 1.82) is 0 Å². The Kier molecular flexibility index (Phi) is 7.97. The van der Waals surface area contributed by atoms with E-state index in [1.54, 1.807) is 0 Å². The molecule has 2 aliphatic heterocycles. The summed E-state index contributed by atoms with van der Waals surface area (Å²) in [5.74, 6) is 1.34. The second-order valence-electron chi connectivity index (χ2n) is 9.07. The van der Waals surface area contributed by atoms with Gasteiger partial charge in [-0.2, -0.15) is 0 Å². The zero-order valence-electron chi connectivity index (χ0n) is 19.4. The van der Waals surface area contributed by atoms with E-state index in [-0.39, 0.29) is 28.3 Å². The Morgan fingerprint density at radius 1 is 1.24 bits per heavy atom. The molecule has 1 amide bonds. The fourth-order valence-electron chi connectivity index (χ4n) is 4.79. The summed E-state index contributed by atoms with van der Waals surface area (Å²) in [6.45, 7) is 8.58. The number of carbonyl (C=O) groups excluding carboxylic acids is 1. The Balaban J connectivity index is 1.28. The molecule has 34 heavy (non-hydrogen) atoms. The third kappa shape index (κ3) is 6.02. The minimum Gasteiger partial charge on any atom is -0.354 e. The summed E-state index contributed by atoms with van der Waals surface area (Å²) >= 11 is 6.15. The second-order valence-corrected chi connectivity index (χ2v) is 9.47. The Hall–Kier alpha value is -2.75. The van der Waals surface area contributed by atoms with E-state index in [1.165, 1.54) is 18.2 Å². The van der Waals surface area contributed by atoms with Gasteiger partial charge in [-0.25, -0.2) is 4.98 Å². The normalized spacial score (nSPS) is 20.6. The van der Waals surface area contributed by atoms with E-state index in [0.29, 0.717) is 5.92 Å². The molecule has 3 heterocycles. The summed E-state index contributed by atoms with van der Waals surface area (Å²) in [6.07, 6.45) is 4.04. The lowest BCUT2D eigenvalue weighted by Crippen LogP contribution is -2.52. The lowest BCUT2D eigenvalue weighted by atomic mass is 9.95. The van der Waals surface area contributed by atoms with Crippen LogP contribution in [0.25, 0.3) is 0 Å². The molecule has 182 valence electrons. The summed E-state index contributed by atoms with van der Waals surface area (Å²) < 4.78 is 0. The molecule has 9 nitrogen and oxygen atoms in total. The highest BCUT2D eigenvalue weighted by molar-refractivity contribution is 6.33. The first-order chi connectivity index (χ1) is 16.4. The number of benzene rings is 1. The van der Waals surface area contributed by atoms with E-state index in [0.717, 1.165) is 64.5 Å². The monoisotopic (exact) mass is 486 g/mol. The molecular weight excluding hydrogens is 456 g/mol. The van der Waals surface area contributed by atoms with Gasteiger partial charge in [-0.3, -0.25) is 24.7 Å². The summed E-state index contributed by atoms with van der Waals surface area (Å²) in [7, 11) is 0. The molecule has 2 unspecified atom stereocenters. The Bertz CT molecular complexity index is 999. The molecule has 1 N–H and O–H groups in total. The lowest BCUT2D eigenvalue weighted by molar-refractivity contribution is -0.384. The number of piperazine rings is 1. The molecule has 4 rings (SSSR count). The van der Waals surface area contributed by atoms with Gasteiger partial charge in [0, 0.05) is 57.6 Å². The van der Waals surface area contributed by atoms with Gasteiger partial charge in [-0.15, -0.1) is 0 Å². The van der Waals surface area contributed by atoms with Gasteiger partial charge in [-0.05, 0) is 50.4 Å². The van der Waals surface area contributed by atoms with Crippen LogP contribution in [0.5, 0.6) is 0 Å². The number of carbonyl (C=O) groups is 1. The molecule has 0 aliphatic carbocycles. The minimum absolute atomic E-state index is 0.103. The quantitative estimate of drug-likeness (QED) is 0.472. The predicted octanol–water partition coefficient (Wildman–Crippen LogP) is 3.50. The van der Waals surface area contributed by atoms with Crippen molar-refractivity contribution < 1.29 is 9.72 Å². The van der Waals surface area contributed by atoms with Gasteiger partial charge in [-0.1, -0.05) is 17.7 Å². The first-order valence-corrected chi connectivity index (χ1v) is 12.2. The second kappa shape index (κ2) is 11.1. The van der Waals surface area contributed by atoms with Crippen molar-refractivity contribution in [3.8, 4) is 0 Å². The molecule has 2 aromatic rings. The number of nitrogens with zero attached hydrogens (tertiary/aromatic N) is 5. The number of halogens is 1. The van der Waals surface area contributed by atoms with E-state index in [9.17, 15) is 14.9 Å². The van der Waals surface area contributed by atoms with Gasteiger partial charge < -0.3 is 10.2 Å². The van der Waals surface area contributed by atoms with Gasteiger partial charge in [0.05, 0.1) is 21.7 Å². The van der Waals surface area contributed by atoms with Crippen molar-refractivity contribution in [2.24, 2.45) is 5.92 Å².